The molecule has 0 fully saturated rings. The molecule has 0 amide bonds. The molecule has 0 unspecified atom stereocenters. The second kappa shape index (κ2) is 5.31. The minimum absolute atomic E-state index is 0.603. The molecule has 92 valence electrons. The van der Waals surface area contributed by atoms with Crippen molar-refractivity contribution >= 4 is 28.2 Å². The molecule has 10 heteroatoms. The molecular weight excluding hydrogens is 276 g/mol. The Bertz CT molecular complexity index is 562. The van der Waals surface area contributed by atoms with E-state index in [1.165, 1.54) is 6.34 Å². The monoisotopic (exact) mass is 280 g/mol. The summed E-state index contributed by atoms with van der Waals surface area (Å²) in [4.78, 5) is 3.91. The van der Waals surface area contributed by atoms with E-state index in [-0.39, 0.29) is 0 Å². The first kappa shape index (κ1) is 13.7. The van der Waals surface area contributed by atoms with Gasteiger partial charge < -0.3 is 0 Å². The van der Waals surface area contributed by atoms with Crippen molar-refractivity contribution in [2.24, 2.45) is 4.99 Å². The highest BCUT2D eigenvalue weighted by molar-refractivity contribution is 7.59. The first-order valence-electron chi connectivity index (χ1n) is 3.92. The van der Waals surface area contributed by atoms with Gasteiger partial charge >= 0.3 is 16.8 Å². The highest BCUT2D eigenvalue weighted by Gasteiger charge is 2.21. The minimum atomic E-state index is -4.94. The van der Waals surface area contributed by atoms with Crippen molar-refractivity contribution in [3.8, 4) is 0 Å². The van der Waals surface area contributed by atoms with Crippen LogP contribution in [-0.4, -0.2) is 18.7 Å². The Hall–Kier alpha value is -1.36. The lowest BCUT2D eigenvalue weighted by molar-refractivity contribution is -2.00. The van der Waals surface area contributed by atoms with Crippen LogP contribution in [0, 0.1) is 10.2 Å². The maximum absolute atomic E-state index is 10.6. The van der Waals surface area contributed by atoms with Crippen LogP contribution in [0.1, 0.15) is 0 Å². The van der Waals surface area contributed by atoms with E-state index in [4.69, 9.17) is 18.6 Å². The Balaban J connectivity index is 0.000000249. The van der Waals surface area contributed by atoms with Crippen LogP contribution in [-0.2, 0) is 10.5 Å². The van der Waals surface area contributed by atoms with Crippen molar-refractivity contribution < 1.29 is 41.2 Å². The number of hydrogen-bond donors (Lipinski definition) is 0. The largest absolute Gasteiger partial charge is 0.385 e. The number of rotatable bonds is 0. The lowest BCUT2D eigenvalue weighted by atomic mass is 10.3. The molecule has 1 heterocycles. The maximum Gasteiger partial charge on any atom is 0.385 e. The lowest BCUT2D eigenvalue weighted by Crippen LogP contribution is -2.68. The standard InChI is InChI=1S/C7H5N2O2S.ClHO4/c10-12(11)9-5-8-6-3-1-2-4-7(6)9;2-1(3,4)5/h1-5H;(H,2,3,4,5)/q+1;/p-1. The van der Waals surface area contributed by atoms with Gasteiger partial charge in [-0.25, -0.2) is 18.6 Å². The molecule has 0 saturated carbocycles. The van der Waals surface area contributed by atoms with Gasteiger partial charge in [0.25, 0.3) is 0 Å². The molecule has 0 radical (unpaired) electrons. The fraction of sp³-hybridized carbons (Fsp3) is 0. The summed E-state index contributed by atoms with van der Waals surface area (Å²) >= 11 is 0. The van der Waals surface area contributed by atoms with E-state index in [1.807, 2.05) is 6.07 Å². The zero-order valence-corrected chi connectivity index (χ0v) is 9.59. The summed E-state index contributed by atoms with van der Waals surface area (Å²) in [6.07, 6.45) is 1.29. The quantitative estimate of drug-likeness (QED) is 0.448. The van der Waals surface area contributed by atoms with E-state index in [9.17, 15) is 8.42 Å². The van der Waals surface area contributed by atoms with Crippen molar-refractivity contribution in [1.29, 1.82) is 0 Å². The van der Waals surface area contributed by atoms with E-state index in [2.05, 4.69) is 4.99 Å². The van der Waals surface area contributed by atoms with Crippen molar-refractivity contribution in [1.82, 2.24) is 0 Å². The third-order valence-electron chi connectivity index (χ3n) is 1.58. The van der Waals surface area contributed by atoms with Crippen molar-refractivity contribution in [2.75, 3.05) is 0 Å². The number of hydrogen-bond acceptors (Lipinski definition) is 7. The van der Waals surface area contributed by atoms with Gasteiger partial charge in [-0.05, 0) is 17.1 Å². The Morgan fingerprint density at radius 1 is 1.12 bits per heavy atom. The van der Waals surface area contributed by atoms with Gasteiger partial charge in [0.2, 0.25) is 11.4 Å². The fourth-order valence-corrected chi connectivity index (χ4v) is 1.49. The molecule has 0 N–H and O–H groups in total. The summed E-state index contributed by atoms with van der Waals surface area (Å²) in [7, 11) is -7.21. The molecule has 2 rings (SSSR count). The van der Waals surface area contributed by atoms with Gasteiger partial charge in [0.15, 0.2) is 0 Å². The van der Waals surface area contributed by atoms with Gasteiger partial charge in [-0.1, -0.05) is 16.1 Å². The fourth-order valence-electron chi connectivity index (χ4n) is 1.06. The first-order valence-corrected chi connectivity index (χ1v) is 6.19. The van der Waals surface area contributed by atoms with Gasteiger partial charge in [-0.2, -0.15) is 0 Å². The van der Waals surface area contributed by atoms with E-state index in [0.717, 1.165) is 3.95 Å². The Morgan fingerprint density at radius 2 is 1.65 bits per heavy atom. The smallest absolute Gasteiger partial charge is 0.222 e. The average molecular weight is 281 g/mol. The molecular formula is C7H5ClN2O6S. The van der Waals surface area contributed by atoms with Crippen molar-refractivity contribution in [3.05, 3.63) is 24.3 Å². The number of para-hydroxylation sites is 2. The van der Waals surface area contributed by atoms with Crippen LogP contribution in [0.2, 0.25) is 0 Å². The summed E-state index contributed by atoms with van der Waals surface area (Å²) in [6, 6.07) is 7.05. The number of nitrogens with zero attached hydrogens (tertiary/aromatic N) is 2. The van der Waals surface area contributed by atoms with Gasteiger partial charge in [0.1, 0.15) is 0 Å². The van der Waals surface area contributed by atoms with E-state index in [0.29, 0.717) is 11.4 Å². The molecule has 17 heavy (non-hydrogen) atoms. The second-order valence-corrected chi connectivity index (χ2v) is 4.24. The number of aliphatic imine (C=N–C) groups is 1. The summed E-state index contributed by atoms with van der Waals surface area (Å²) in [5.74, 6) is 0. The molecule has 1 aromatic carbocycles. The molecule has 1 aliphatic heterocycles. The number of benzene rings is 1. The molecule has 0 aromatic heterocycles. The van der Waals surface area contributed by atoms with Gasteiger partial charge in [-0.15, -0.1) is 18.7 Å². The van der Waals surface area contributed by atoms with Crippen LogP contribution >= 0.6 is 0 Å². The molecule has 0 spiro atoms. The molecule has 0 aliphatic carbocycles. The summed E-state index contributed by atoms with van der Waals surface area (Å²) < 4.78 is 56.3. The Morgan fingerprint density at radius 3 is 2.18 bits per heavy atom. The first-order chi connectivity index (χ1) is 7.79. The zero-order valence-electron chi connectivity index (χ0n) is 8.02. The molecule has 1 aliphatic rings. The molecule has 0 bridgehead atoms. The van der Waals surface area contributed by atoms with E-state index in [1.54, 1.807) is 18.2 Å². The van der Waals surface area contributed by atoms with Crippen LogP contribution in [0.15, 0.2) is 29.3 Å². The second-order valence-electron chi connectivity index (χ2n) is 2.65. The summed E-state index contributed by atoms with van der Waals surface area (Å²) in [5.41, 5.74) is 1.28. The van der Waals surface area contributed by atoms with Gasteiger partial charge in [0.05, 0.1) is 0 Å². The van der Waals surface area contributed by atoms with E-state index < -0.39 is 20.7 Å². The van der Waals surface area contributed by atoms with Crippen LogP contribution in [0.4, 0.5) is 11.4 Å². The SMILES string of the molecule is O=S(=O)=[N+]1C=Nc2ccccc21.[O-][Cl+3]([O-])([O-])[O-]. The highest BCUT2D eigenvalue weighted by atomic mass is 35.7. The van der Waals surface area contributed by atoms with Crippen molar-refractivity contribution in [3.63, 3.8) is 0 Å². The molecule has 0 saturated heterocycles. The van der Waals surface area contributed by atoms with Crippen molar-refractivity contribution in [2.45, 2.75) is 0 Å². The van der Waals surface area contributed by atoms with Gasteiger partial charge in [-0.3, -0.25) is 0 Å². The van der Waals surface area contributed by atoms with Crippen LogP contribution in [0.3, 0.4) is 0 Å². The molecule has 8 nitrogen and oxygen atoms in total. The normalized spacial score (nSPS) is 12.8. The highest BCUT2D eigenvalue weighted by Crippen LogP contribution is 2.29. The predicted molar refractivity (Wildman–Crippen MR) is 43.4 cm³/mol. The number of halogens is 1. The van der Waals surface area contributed by atoms with Crippen LogP contribution < -0.4 is 18.6 Å². The molecule has 1 aromatic rings. The van der Waals surface area contributed by atoms with Crippen LogP contribution in [0.25, 0.3) is 0 Å². The third kappa shape index (κ3) is 4.56. The predicted octanol–water partition coefficient (Wildman–Crippen LogP) is -3.69. The topological polar surface area (TPSA) is 142 Å². The van der Waals surface area contributed by atoms with Crippen LogP contribution in [0.5, 0.6) is 0 Å². The Kier molecular flexibility index (Phi) is 4.28. The summed E-state index contributed by atoms with van der Waals surface area (Å²) in [5, 5.41) is 0. The van der Waals surface area contributed by atoms with Gasteiger partial charge in [0, 0.05) is 0 Å². The summed E-state index contributed by atoms with van der Waals surface area (Å²) in [6.45, 7) is 0. The minimum Gasteiger partial charge on any atom is -0.222 e. The molecule has 0 atom stereocenters. The number of fused-ring (bicyclic) bond motifs is 1. The maximum atomic E-state index is 10.6. The zero-order chi connectivity index (χ0) is 13.1. The average Bonchev–Trinajstić information content (AvgIpc) is 2.58. The lowest BCUT2D eigenvalue weighted by Gasteiger charge is -2.17. The Labute approximate surface area is 99.1 Å². The third-order valence-corrected chi connectivity index (χ3v) is 2.19. The van der Waals surface area contributed by atoms with E-state index >= 15 is 0 Å².